The van der Waals surface area contributed by atoms with Gasteiger partial charge >= 0.3 is 5.97 Å². The molecule has 2 atom stereocenters. The number of halogens is 5. The van der Waals surface area contributed by atoms with Crippen molar-refractivity contribution in [3.8, 4) is 16.9 Å². The van der Waals surface area contributed by atoms with Gasteiger partial charge < -0.3 is 10.5 Å². The minimum atomic E-state index is -3.10. The maximum Gasteiger partial charge on any atom is 0.306 e. The van der Waals surface area contributed by atoms with Gasteiger partial charge in [0.1, 0.15) is 12.9 Å². The minimum Gasteiger partial charge on any atom is -0.463 e. The highest BCUT2D eigenvalue weighted by Crippen LogP contribution is 2.59. The SMILES string of the molecule is Cn1nccc1-c1ccc([C@@]2(CC(C)(C)C)N=C(N)N([C@H](COC(=O)CC3(C(C)(F)F)CC3)c3ccc(Cl)c(-n4ncnc4C(F)F)c3)C2=O)cc1. The quantitative estimate of drug-likeness (QED) is 0.120. The van der Waals surface area contributed by atoms with Gasteiger partial charge in [0.05, 0.1) is 28.9 Å². The first-order valence-electron chi connectivity index (χ1n) is 16.7. The number of amides is 1. The molecule has 276 valence electrons. The van der Waals surface area contributed by atoms with Crippen molar-refractivity contribution >= 4 is 29.4 Å². The summed E-state index contributed by atoms with van der Waals surface area (Å²) in [5.74, 6) is -5.37. The van der Waals surface area contributed by atoms with Gasteiger partial charge in [0.2, 0.25) is 0 Å². The number of benzene rings is 2. The second-order valence-corrected chi connectivity index (χ2v) is 15.2. The summed E-state index contributed by atoms with van der Waals surface area (Å²) in [4.78, 5) is 37.7. The van der Waals surface area contributed by atoms with Gasteiger partial charge in [-0.3, -0.25) is 19.2 Å². The fourth-order valence-corrected chi connectivity index (χ4v) is 7.07. The van der Waals surface area contributed by atoms with Crippen molar-refractivity contribution in [1.82, 2.24) is 29.4 Å². The number of carbonyl (C=O) groups excluding carboxylic acids is 2. The van der Waals surface area contributed by atoms with Crippen LogP contribution in [0.3, 0.4) is 0 Å². The molecule has 1 aliphatic carbocycles. The largest absolute Gasteiger partial charge is 0.463 e. The van der Waals surface area contributed by atoms with E-state index >= 15 is 0 Å². The molecule has 11 nitrogen and oxygen atoms in total. The topological polar surface area (TPSA) is 134 Å². The Morgan fingerprint density at radius 3 is 2.33 bits per heavy atom. The second-order valence-electron chi connectivity index (χ2n) is 14.7. The number of aliphatic imine (C=N–C) groups is 1. The third-order valence-corrected chi connectivity index (χ3v) is 10.0. The normalized spacial score (nSPS) is 19.2. The van der Waals surface area contributed by atoms with Crippen LogP contribution in [0.1, 0.15) is 82.8 Å². The summed E-state index contributed by atoms with van der Waals surface area (Å²) in [7, 11) is 1.82. The molecule has 2 aromatic carbocycles. The van der Waals surface area contributed by atoms with Gasteiger partial charge in [0.25, 0.3) is 18.3 Å². The van der Waals surface area contributed by atoms with E-state index in [2.05, 4.69) is 15.2 Å². The molecule has 6 rings (SSSR count). The minimum absolute atomic E-state index is 0.0136. The Labute approximate surface area is 302 Å². The fraction of sp³-hybridized carbons (Fsp3) is 0.444. The molecule has 52 heavy (non-hydrogen) atoms. The zero-order chi connectivity index (χ0) is 37.8. The Bertz CT molecular complexity index is 2010. The maximum atomic E-state index is 15.0. The predicted octanol–water partition coefficient (Wildman–Crippen LogP) is 7.16. The van der Waals surface area contributed by atoms with Crippen LogP contribution in [0.4, 0.5) is 17.6 Å². The monoisotopic (exact) mass is 742 g/mol. The fourth-order valence-electron chi connectivity index (χ4n) is 6.87. The van der Waals surface area contributed by atoms with E-state index in [-0.39, 0.29) is 41.5 Å². The molecule has 0 spiro atoms. The number of hydrogen-bond acceptors (Lipinski definition) is 8. The third kappa shape index (κ3) is 6.89. The average molecular weight is 743 g/mol. The number of ether oxygens (including phenoxy) is 1. The number of nitrogens with two attached hydrogens (primary N) is 1. The molecule has 4 aromatic rings. The van der Waals surface area contributed by atoms with Gasteiger partial charge in [-0.1, -0.05) is 62.7 Å². The number of hydrogen-bond donors (Lipinski definition) is 1. The lowest BCUT2D eigenvalue weighted by Gasteiger charge is -2.35. The molecule has 1 amide bonds. The van der Waals surface area contributed by atoms with Crippen LogP contribution >= 0.6 is 11.6 Å². The molecule has 0 unspecified atom stereocenters. The summed E-state index contributed by atoms with van der Waals surface area (Å²) in [6.45, 7) is 6.14. The van der Waals surface area contributed by atoms with Crippen LogP contribution in [-0.2, 0) is 26.9 Å². The number of aromatic nitrogens is 5. The number of esters is 1. The zero-order valence-corrected chi connectivity index (χ0v) is 30.0. The third-order valence-electron chi connectivity index (χ3n) is 9.72. The van der Waals surface area contributed by atoms with Crippen LogP contribution in [0.15, 0.2) is 66.0 Å². The van der Waals surface area contributed by atoms with Crippen LogP contribution in [0.25, 0.3) is 16.9 Å². The van der Waals surface area contributed by atoms with E-state index in [4.69, 9.17) is 27.1 Å². The van der Waals surface area contributed by atoms with E-state index < -0.39 is 65.5 Å². The number of rotatable bonds is 12. The van der Waals surface area contributed by atoms with Crippen molar-refractivity contribution in [2.45, 2.75) is 77.3 Å². The van der Waals surface area contributed by atoms with Crippen molar-refractivity contribution in [3.05, 3.63) is 83.0 Å². The van der Waals surface area contributed by atoms with Crippen LogP contribution < -0.4 is 5.73 Å². The molecule has 2 aliphatic rings. The smallest absolute Gasteiger partial charge is 0.306 e. The molecular weight excluding hydrogens is 704 g/mol. The first-order chi connectivity index (χ1) is 24.4. The molecule has 16 heteroatoms. The number of guanidine groups is 1. The van der Waals surface area contributed by atoms with Crippen LogP contribution in [0, 0.1) is 10.8 Å². The Kier molecular flexibility index (Phi) is 9.47. The van der Waals surface area contributed by atoms with E-state index in [1.165, 1.54) is 23.1 Å². The second kappa shape index (κ2) is 13.3. The standard InChI is InChI=1S/C36H39ClF4N8O3/c1-33(2,3)19-36(23-9-6-21(7-10-23)25-12-15-44-47(25)5)31(51)48(32(42)46-36)27(18-52-28(50)17-35(13-14-35)34(4,40)41)22-8-11-24(37)26(16-22)49-30(29(38)39)43-20-45-49/h6-12,15-16,20,27,29H,13-14,17-19H2,1-5H3,(H2,42,46)/t27-,36-/m1/s1. The Balaban J connectivity index is 1.41. The Morgan fingerprint density at radius 2 is 1.75 bits per heavy atom. The number of alkyl halides is 4. The Hall–Kier alpha value is -4.79. The van der Waals surface area contributed by atoms with Crippen molar-refractivity contribution in [2.24, 2.45) is 28.6 Å². The lowest BCUT2D eigenvalue weighted by Crippen LogP contribution is -2.47. The maximum absolute atomic E-state index is 15.0. The summed E-state index contributed by atoms with van der Waals surface area (Å²) in [5, 5.41) is 8.20. The highest BCUT2D eigenvalue weighted by atomic mass is 35.5. The van der Waals surface area contributed by atoms with E-state index in [1.807, 2.05) is 46.0 Å². The summed E-state index contributed by atoms with van der Waals surface area (Å²) >= 11 is 6.47. The average Bonchev–Trinajstić information content (AvgIpc) is 3.37. The van der Waals surface area contributed by atoms with Crippen molar-refractivity contribution in [1.29, 1.82) is 0 Å². The molecule has 0 bridgehead atoms. The summed E-state index contributed by atoms with van der Waals surface area (Å²) in [6.07, 6.45) is -0.327. The van der Waals surface area contributed by atoms with Gasteiger partial charge in [-0.15, -0.1) is 0 Å². The van der Waals surface area contributed by atoms with Crippen molar-refractivity contribution < 1.29 is 31.9 Å². The summed E-state index contributed by atoms with van der Waals surface area (Å²) in [6, 6.07) is 12.4. The molecule has 0 radical (unpaired) electrons. The number of aryl methyl sites for hydroxylation is 1. The number of nitrogens with zero attached hydrogens (tertiary/aromatic N) is 7. The summed E-state index contributed by atoms with van der Waals surface area (Å²) < 4.78 is 64.7. The Morgan fingerprint density at radius 1 is 1.06 bits per heavy atom. The van der Waals surface area contributed by atoms with Gasteiger partial charge in [0, 0.05) is 18.7 Å². The van der Waals surface area contributed by atoms with Gasteiger partial charge in [-0.25, -0.2) is 32.2 Å². The molecule has 2 aromatic heterocycles. The van der Waals surface area contributed by atoms with Gasteiger partial charge in [0.15, 0.2) is 17.3 Å². The van der Waals surface area contributed by atoms with E-state index in [0.29, 0.717) is 5.56 Å². The van der Waals surface area contributed by atoms with Crippen molar-refractivity contribution in [2.75, 3.05) is 6.61 Å². The van der Waals surface area contributed by atoms with E-state index in [9.17, 15) is 27.2 Å². The van der Waals surface area contributed by atoms with Crippen LogP contribution in [-0.4, -0.2) is 59.8 Å². The zero-order valence-electron chi connectivity index (χ0n) is 29.3. The lowest BCUT2D eigenvalue weighted by atomic mass is 9.75. The highest BCUT2D eigenvalue weighted by molar-refractivity contribution is 6.32. The molecule has 1 fully saturated rings. The molecular formula is C36H39ClF4N8O3. The highest BCUT2D eigenvalue weighted by Gasteiger charge is 2.60. The summed E-state index contributed by atoms with van der Waals surface area (Å²) in [5.41, 5.74) is 5.71. The first-order valence-corrected chi connectivity index (χ1v) is 17.0. The van der Waals surface area contributed by atoms with E-state index in [0.717, 1.165) is 29.2 Å². The lowest BCUT2D eigenvalue weighted by molar-refractivity contribution is -0.153. The molecule has 0 saturated heterocycles. The molecule has 3 heterocycles. The predicted molar refractivity (Wildman–Crippen MR) is 185 cm³/mol. The van der Waals surface area contributed by atoms with Gasteiger partial charge in [-0.05, 0) is 66.5 Å². The van der Waals surface area contributed by atoms with Crippen LogP contribution in [0.2, 0.25) is 5.02 Å². The first kappa shape index (κ1) is 37.0. The van der Waals surface area contributed by atoms with Crippen molar-refractivity contribution in [3.63, 3.8) is 0 Å². The number of carbonyl (C=O) groups is 2. The van der Waals surface area contributed by atoms with Gasteiger partial charge in [-0.2, -0.15) is 10.2 Å². The molecule has 2 N–H and O–H groups in total. The van der Waals surface area contributed by atoms with Crippen LogP contribution in [0.5, 0.6) is 0 Å². The van der Waals surface area contributed by atoms with E-state index in [1.54, 1.807) is 23.0 Å². The molecule has 1 saturated carbocycles. The molecule has 1 aliphatic heterocycles.